The normalized spacial score (nSPS) is 14.1. The lowest BCUT2D eigenvalue weighted by Crippen LogP contribution is -2.41. The Morgan fingerprint density at radius 2 is 1.68 bits per heavy atom. The molecule has 28 heavy (non-hydrogen) atoms. The first-order valence-corrected chi connectivity index (χ1v) is 9.29. The monoisotopic (exact) mass is 382 g/mol. The van der Waals surface area contributed by atoms with Crippen molar-refractivity contribution in [3.63, 3.8) is 0 Å². The van der Waals surface area contributed by atoms with E-state index in [2.05, 4.69) is 5.32 Å². The first-order chi connectivity index (χ1) is 13.4. The number of amides is 3. The van der Waals surface area contributed by atoms with Crippen LogP contribution in [0.2, 0.25) is 0 Å². The van der Waals surface area contributed by atoms with Gasteiger partial charge in [0.05, 0.1) is 0 Å². The molecular weight excluding hydrogens is 360 g/mol. The summed E-state index contributed by atoms with van der Waals surface area (Å²) in [6.45, 7) is 3.83. The number of hydrogen-bond acceptors (Lipinski definition) is 5. The first-order valence-electron chi connectivity index (χ1n) is 9.29. The van der Waals surface area contributed by atoms with Gasteiger partial charge in [0, 0.05) is 36.0 Å². The van der Waals surface area contributed by atoms with Crippen LogP contribution >= 0.6 is 0 Å². The first kappa shape index (κ1) is 19.5. The van der Waals surface area contributed by atoms with Crippen molar-refractivity contribution >= 4 is 34.5 Å². The van der Waals surface area contributed by atoms with Crippen molar-refractivity contribution in [2.75, 3.05) is 13.1 Å². The molecule has 2 aromatic rings. The molecule has 1 N–H and O–H groups in total. The van der Waals surface area contributed by atoms with Crippen molar-refractivity contribution in [3.05, 3.63) is 47.5 Å². The van der Waals surface area contributed by atoms with Crippen LogP contribution in [0.25, 0.3) is 10.8 Å². The fourth-order valence-corrected chi connectivity index (χ4v) is 3.29. The van der Waals surface area contributed by atoms with Crippen LogP contribution in [0.4, 0.5) is 0 Å². The number of carbonyl (C=O) groups excluding carboxylic acids is 4. The van der Waals surface area contributed by atoms with Crippen molar-refractivity contribution < 1.29 is 23.9 Å². The second kappa shape index (κ2) is 8.21. The largest absolute Gasteiger partial charge is 0.453 e. The third-order valence-corrected chi connectivity index (χ3v) is 4.65. The Morgan fingerprint density at radius 3 is 2.25 bits per heavy atom. The standard InChI is InChI=1S/C21H22N2O5/c1-3-22-19(25)13(2)28-17(24)11-6-12-23-20(26)15-9-4-7-14-8-5-10-16(18(14)15)21(23)27/h4-5,7-10,13H,3,6,11-12H2,1-2H3,(H,22,25)/t13-/m0/s1. The zero-order chi connectivity index (χ0) is 20.3. The molecule has 0 saturated carbocycles. The molecular formula is C21H22N2O5. The molecule has 0 spiro atoms. The van der Waals surface area contributed by atoms with E-state index in [0.29, 0.717) is 23.1 Å². The van der Waals surface area contributed by atoms with Crippen molar-refractivity contribution in [1.82, 2.24) is 10.2 Å². The number of hydrogen-bond donors (Lipinski definition) is 1. The van der Waals surface area contributed by atoms with E-state index in [1.165, 1.54) is 6.92 Å². The van der Waals surface area contributed by atoms with E-state index in [1.807, 2.05) is 12.1 Å². The van der Waals surface area contributed by atoms with E-state index in [1.54, 1.807) is 31.2 Å². The Kier molecular flexibility index (Phi) is 5.73. The molecule has 1 heterocycles. The van der Waals surface area contributed by atoms with E-state index in [4.69, 9.17) is 4.74 Å². The fourth-order valence-electron chi connectivity index (χ4n) is 3.29. The highest BCUT2D eigenvalue weighted by atomic mass is 16.5. The van der Waals surface area contributed by atoms with Crippen LogP contribution in [0.1, 0.15) is 47.4 Å². The average molecular weight is 382 g/mol. The molecule has 1 aliphatic heterocycles. The molecule has 7 nitrogen and oxygen atoms in total. The Labute approximate surface area is 162 Å². The number of nitrogens with zero attached hydrogens (tertiary/aromatic N) is 1. The number of ether oxygens (including phenoxy) is 1. The zero-order valence-electron chi connectivity index (χ0n) is 15.9. The molecule has 7 heteroatoms. The summed E-state index contributed by atoms with van der Waals surface area (Å²) in [6.07, 6.45) is -0.612. The molecule has 3 amide bonds. The maximum Gasteiger partial charge on any atom is 0.306 e. The molecule has 0 radical (unpaired) electrons. The lowest BCUT2D eigenvalue weighted by molar-refractivity contribution is -0.154. The van der Waals surface area contributed by atoms with Crippen LogP contribution in [-0.4, -0.2) is 47.8 Å². The lowest BCUT2D eigenvalue weighted by Gasteiger charge is -2.27. The number of rotatable bonds is 7. The summed E-state index contributed by atoms with van der Waals surface area (Å²) in [5.74, 6) is -1.63. The van der Waals surface area contributed by atoms with Crippen LogP contribution in [-0.2, 0) is 14.3 Å². The fraction of sp³-hybridized carbons (Fsp3) is 0.333. The van der Waals surface area contributed by atoms with E-state index in [0.717, 1.165) is 10.3 Å². The Balaban J connectivity index is 1.63. The molecule has 0 saturated heterocycles. The number of carbonyl (C=O) groups is 4. The maximum absolute atomic E-state index is 12.8. The summed E-state index contributed by atoms with van der Waals surface area (Å²) < 4.78 is 5.07. The minimum Gasteiger partial charge on any atom is -0.453 e. The molecule has 0 aromatic heterocycles. The molecule has 2 aromatic carbocycles. The van der Waals surface area contributed by atoms with Crippen LogP contribution in [0, 0.1) is 0 Å². The molecule has 3 rings (SSSR count). The average Bonchev–Trinajstić information content (AvgIpc) is 2.68. The SMILES string of the molecule is CCNC(=O)[C@H](C)OC(=O)CCCN1C(=O)c2cccc3cccc(c23)C1=O. The number of benzene rings is 2. The van der Waals surface area contributed by atoms with Gasteiger partial charge in [-0.05, 0) is 37.8 Å². The third-order valence-electron chi connectivity index (χ3n) is 4.65. The molecule has 1 atom stereocenters. The number of likely N-dealkylation sites (N-methyl/N-ethyl adjacent to an activating group) is 1. The predicted octanol–water partition coefficient (Wildman–Crippen LogP) is 2.28. The second-order valence-corrected chi connectivity index (χ2v) is 6.60. The van der Waals surface area contributed by atoms with Gasteiger partial charge in [0.1, 0.15) is 0 Å². The Bertz CT molecular complexity index is 902. The molecule has 146 valence electrons. The summed E-state index contributed by atoms with van der Waals surface area (Å²) >= 11 is 0. The summed E-state index contributed by atoms with van der Waals surface area (Å²) in [7, 11) is 0. The van der Waals surface area contributed by atoms with Crippen LogP contribution in [0.15, 0.2) is 36.4 Å². The number of nitrogens with one attached hydrogen (secondary N) is 1. The summed E-state index contributed by atoms with van der Waals surface area (Å²) in [6, 6.07) is 10.7. The summed E-state index contributed by atoms with van der Waals surface area (Å²) in [4.78, 5) is 50.2. The molecule has 0 aliphatic carbocycles. The van der Waals surface area contributed by atoms with Crippen LogP contribution < -0.4 is 5.32 Å². The van der Waals surface area contributed by atoms with E-state index in [-0.39, 0.29) is 37.1 Å². The van der Waals surface area contributed by atoms with Gasteiger partial charge in [-0.25, -0.2) is 0 Å². The van der Waals surface area contributed by atoms with Gasteiger partial charge < -0.3 is 10.1 Å². The Morgan fingerprint density at radius 1 is 1.07 bits per heavy atom. The minimum absolute atomic E-state index is 0.00660. The molecule has 0 bridgehead atoms. The van der Waals surface area contributed by atoms with Gasteiger partial charge in [-0.1, -0.05) is 24.3 Å². The lowest BCUT2D eigenvalue weighted by atomic mass is 9.94. The van der Waals surface area contributed by atoms with Crippen LogP contribution in [0.3, 0.4) is 0 Å². The van der Waals surface area contributed by atoms with Gasteiger partial charge in [-0.15, -0.1) is 0 Å². The maximum atomic E-state index is 12.8. The van der Waals surface area contributed by atoms with Gasteiger partial charge in [0.2, 0.25) is 0 Å². The quantitative estimate of drug-likeness (QED) is 0.586. The topological polar surface area (TPSA) is 92.8 Å². The zero-order valence-corrected chi connectivity index (χ0v) is 15.9. The Hall–Kier alpha value is -3.22. The summed E-state index contributed by atoms with van der Waals surface area (Å²) in [5.41, 5.74) is 0.972. The third kappa shape index (κ3) is 3.74. The minimum atomic E-state index is -0.879. The highest BCUT2D eigenvalue weighted by Gasteiger charge is 2.32. The highest BCUT2D eigenvalue weighted by molar-refractivity contribution is 6.25. The van der Waals surface area contributed by atoms with E-state index in [9.17, 15) is 19.2 Å². The van der Waals surface area contributed by atoms with E-state index >= 15 is 0 Å². The van der Waals surface area contributed by atoms with Crippen molar-refractivity contribution in [2.24, 2.45) is 0 Å². The van der Waals surface area contributed by atoms with Gasteiger partial charge in [-0.2, -0.15) is 0 Å². The highest BCUT2D eigenvalue weighted by Crippen LogP contribution is 2.30. The van der Waals surface area contributed by atoms with Crippen molar-refractivity contribution in [3.8, 4) is 0 Å². The second-order valence-electron chi connectivity index (χ2n) is 6.60. The predicted molar refractivity (Wildman–Crippen MR) is 103 cm³/mol. The van der Waals surface area contributed by atoms with Crippen molar-refractivity contribution in [1.29, 1.82) is 0 Å². The van der Waals surface area contributed by atoms with Gasteiger partial charge in [0.15, 0.2) is 6.10 Å². The van der Waals surface area contributed by atoms with E-state index < -0.39 is 12.1 Å². The van der Waals surface area contributed by atoms with Gasteiger partial charge >= 0.3 is 5.97 Å². The number of esters is 1. The molecule has 0 unspecified atom stereocenters. The molecule has 0 fully saturated rings. The number of imide groups is 1. The molecule has 1 aliphatic rings. The van der Waals surface area contributed by atoms with Gasteiger partial charge in [-0.3, -0.25) is 24.1 Å². The van der Waals surface area contributed by atoms with Gasteiger partial charge in [0.25, 0.3) is 17.7 Å². The summed E-state index contributed by atoms with van der Waals surface area (Å²) in [5, 5.41) is 4.09. The smallest absolute Gasteiger partial charge is 0.306 e. The van der Waals surface area contributed by atoms with Crippen molar-refractivity contribution in [2.45, 2.75) is 32.8 Å². The van der Waals surface area contributed by atoms with Crippen LogP contribution in [0.5, 0.6) is 0 Å².